The molecule has 1 unspecified atom stereocenters. The molecular weight excluding hydrogens is 435 g/mol. The van der Waals surface area contributed by atoms with E-state index in [9.17, 15) is 18.0 Å². The molecule has 0 radical (unpaired) electrons. The zero-order valence-electron chi connectivity index (χ0n) is 18.1. The van der Waals surface area contributed by atoms with Gasteiger partial charge in [-0.2, -0.15) is 18.3 Å². The first-order valence-corrected chi connectivity index (χ1v) is 10.6. The van der Waals surface area contributed by atoms with Crippen molar-refractivity contribution >= 4 is 11.6 Å². The molecule has 0 saturated carbocycles. The van der Waals surface area contributed by atoms with Gasteiger partial charge in [0.1, 0.15) is 5.75 Å². The fraction of sp³-hybridized carbons (Fsp3) is 0.333. The molecule has 0 spiro atoms. The van der Waals surface area contributed by atoms with E-state index >= 15 is 0 Å². The molecule has 1 amide bonds. The molecule has 3 heterocycles. The lowest BCUT2D eigenvalue weighted by Crippen LogP contribution is -2.26. The third-order valence-corrected chi connectivity index (χ3v) is 6.08. The van der Waals surface area contributed by atoms with E-state index in [4.69, 9.17) is 9.47 Å². The highest BCUT2D eigenvalue weighted by Gasteiger charge is 2.41. The molecule has 0 fully saturated rings. The number of alkyl halides is 3. The van der Waals surface area contributed by atoms with Gasteiger partial charge >= 0.3 is 6.18 Å². The molecule has 3 aromatic rings. The molecule has 0 N–H and O–H groups in total. The highest BCUT2D eigenvalue weighted by Crippen LogP contribution is 2.39. The van der Waals surface area contributed by atoms with Crippen LogP contribution in [0.2, 0.25) is 0 Å². The predicted molar refractivity (Wildman–Crippen MR) is 115 cm³/mol. The number of aromatic nitrogens is 2. The van der Waals surface area contributed by atoms with E-state index in [2.05, 4.69) is 5.10 Å². The van der Waals surface area contributed by atoms with Crippen molar-refractivity contribution in [1.29, 1.82) is 0 Å². The maximum absolute atomic E-state index is 13.6. The number of hydrogen-bond donors (Lipinski definition) is 0. The molecule has 5 rings (SSSR count). The summed E-state index contributed by atoms with van der Waals surface area (Å²) in [5.41, 5.74) is 2.07. The van der Waals surface area contributed by atoms with Gasteiger partial charge in [0.2, 0.25) is 0 Å². The Labute approximate surface area is 188 Å². The second kappa shape index (κ2) is 7.91. The van der Waals surface area contributed by atoms with Crippen LogP contribution < -0.4 is 9.64 Å². The lowest BCUT2D eigenvalue weighted by molar-refractivity contribution is -0.142. The number of carbonyl (C=O) groups is 1. The zero-order valence-corrected chi connectivity index (χ0v) is 18.1. The normalized spacial score (nSPS) is 17.3. The maximum Gasteiger partial charge on any atom is 0.435 e. The zero-order chi connectivity index (χ0) is 23.3. The summed E-state index contributed by atoms with van der Waals surface area (Å²) in [6.45, 7) is 2.58. The second-order valence-corrected chi connectivity index (χ2v) is 8.34. The Balaban J connectivity index is 1.51. The largest absolute Gasteiger partial charge is 0.493 e. The predicted octanol–water partition coefficient (Wildman–Crippen LogP) is 4.74. The fourth-order valence-corrected chi connectivity index (χ4v) is 4.40. The fourth-order valence-electron chi connectivity index (χ4n) is 4.40. The molecule has 1 aromatic heterocycles. The number of hydrogen-bond acceptors (Lipinski definition) is 4. The molecule has 0 bridgehead atoms. The molecule has 33 heavy (non-hydrogen) atoms. The van der Waals surface area contributed by atoms with Gasteiger partial charge in [0.05, 0.1) is 31.2 Å². The molecule has 1 atom stereocenters. The van der Waals surface area contributed by atoms with Crippen LogP contribution in [0.3, 0.4) is 0 Å². The van der Waals surface area contributed by atoms with Gasteiger partial charge in [-0.15, -0.1) is 0 Å². The first-order valence-electron chi connectivity index (χ1n) is 10.6. The number of nitrogens with zero attached hydrogens (tertiary/aromatic N) is 3. The minimum absolute atomic E-state index is 0.0493. The Hall–Kier alpha value is -3.33. The Bertz CT molecular complexity index is 1240. The van der Waals surface area contributed by atoms with E-state index in [-0.39, 0.29) is 24.0 Å². The number of halogens is 3. The highest BCUT2D eigenvalue weighted by atomic mass is 19.4. The SMILES string of the molecule is CC1COCc2c(C(F)(F)F)nn(-c3cccc(C(=O)N(C)c4ccc5c(c4)OCC5)c3)c21. The Morgan fingerprint density at radius 3 is 2.82 bits per heavy atom. The highest BCUT2D eigenvalue weighted by molar-refractivity contribution is 6.06. The summed E-state index contributed by atoms with van der Waals surface area (Å²) in [5, 5.41) is 3.90. The van der Waals surface area contributed by atoms with Gasteiger partial charge in [-0.25, -0.2) is 4.68 Å². The van der Waals surface area contributed by atoms with E-state index in [0.717, 1.165) is 17.7 Å². The van der Waals surface area contributed by atoms with Gasteiger partial charge in [0, 0.05) is 42.3 Å². The summed E-state index contributed by atoms with van der Waals surface area (Å²) >= 11 is 0. The van der Waals surface area contributed by atoms with Crippen molar-refractivity contribution in [1.82, 2.24) is 9.78 Å². The van der Waals surface area contributed by atoms with E-state index in [1.807, 2.05) is 18.2 Å². The summed E-state index contributed by atoms with van der Waals surface area (Å²) in [6, 6.07) is 12.1. The van der Waals surface area contributed by atoms with Crippen LogP contribution in [0.25, 0.3) is 5.69 Å². The molecule has 9 heteroatoms. The first-order chi connectivity index (χ1) is 15.7. The summed E-state index contributed by atoms with van der Waals surface area (Å²) < 4.78 is 53.1. The number of benzene rings is 2. The summed E-state index contributed by atoms with van der Waals surface area (Å²) in [5.74, 6) is 0.203. The van der Waals surface area contributed by atoms with E-state index in [1.54, 1.807) is 38.2 Å². The lowest BCUT2D eigenvalue weighted by Gasteiger charge is -2.22. The van der Waals surface area contributed by atoms with Crippen molar-refractivity contribution in [2.75, 3.05) is 25.2 Å². The Morgan fingerprint density at radius 1 is 1.21 bits per heavy atom. The van der Waals surface area contributed by atoms with Crippen LogP contribution in [0.1, 0.15) is 45.7 Å². The van der Waals surface area contributed by atoms with Gasteiger partial charge in [-0.05, 0) is 29.8 Å². The number of carbonyl (C=O) groups excluding carboxylic acids is 1. The molecular formula is C24H22F3N3O3. The molecule has 0 aliphatic carbocycles. The molecule has 2 aromatic carbocycles. The van der Waals surface area contributed by atoms with Crippen LogP contribution >= 0.6 is 0 Å². The van der Waals surface area contributed by atoms with Crippen LogP contribution in [-0.2, 0) is 23.9 Å². The number of amides is 1. The van der Waals surface area contributed by atoms with Crippen molar-refractivity contribution in [3.05, 3.63) is 70.5 Å². The average Bonchev–Trinajstić information content (AvgIpc) is 3.43. The quantitative estimate of drug-likeness (QED) is 0.570. The molecule has 6 nitrogen and oxygen atoms in total. The first kappa shape index (κ1) is 21.5. The van der Waals surface area contributed by atoms with Gasteiger partial charge in [-0.1, -0.05) is 19.1 Å². The van der Waals surface area contributed by atoms with Crippen LogP contribution in [0, 0.1) is 0 Å². The summed E-state index contributed by atoms with van der Waals surface area (Å²) in [6.07, 6.45) is -3.76. The van der Waals surface area contributed by atoms with Crippen molar-refractivity contribution in [3.8, 4) is 11.4 Å². The summed E-state index contributed by atoms with van der Waals surface area (Å²) in [4.78, 5) is 14.7. The van der Waals surface area contributed by atoms with Crippen molar-refractivity contribution in [2.24, 2.45) is 0 Å². The third kappa shape index (κ3) is 3.76. The minimum atomic E-state index is -4.60. The number of ether oxygens (including phenoxy) is 2. The van der Waals surface area contributed by atoms with Gasteiger partial charge in [0.15, 0.2) is 5.69 Å². The Morgan fingerprint density at radius 2 is 2.03 bits per heavy atom. The maximum atomic E-state index is 13.6. The van der Waals surface area contributed by atoms with Crippen LogP contribution in [0.5, 0.6) is 5.75 Å². The average molecular weight is 457 g/mol. The number of anilines is 1. The van der Waals surface area contributed by atoms with Crippen LogP contribution in [-0.4, -0.2) is 35.9 Å². The van der Waals surface area contributed by atoms with Gasteiger partial charge in [-0.3, -0.25) is 4.79 Å². The van der Waals surface area contributed by atoms with Crippen LogP contribution in [0.4, 0.5) is 18.9 Å². The van der Waals surface area contributed by atoms with E-state index in [1.165, 1.54) is 9.58 Å². The molecule has 2 aliphatic rings. The topological polar surface area (TPSA) is 56.6 Å². The van der Waals surface area contributed by atoms with E-state index in [0.29, 0.717) is 35.8 Å². The smallest absolute Gasteiger partial charge is 0.435 e. The van der Waals surface area contributed by atoms with Gasteiger partial charge in [0.25, 0.3) is 5.91 Å². The molecule has 2 aliphatic heterocycles. The molecule has 0 saturated heterocycles. The Kier molecular flexibility index (Phi) is 5.16. The monoisotopic (exact) mass is 457 g/mol. The second-order valence-electron chi connectivity index (χ2n) is 8.34. The van der Waals surface area contributed by atoms with Gasteiger partial charge < -0.3 is 14.4 Å². The third-order valence-electron chi connectivity index (χ3n) is 6.08. The van der Waals surface area contributed by atoms with Crippen molar-refractivity contribution < 1.29 is 27.4 Å². The number of rotatable bonds is 3. The molecule has 172 valence electrons. The van der Waals surface area contributed by atoms with Crippen molar-refractivity contribution in [3.63, 3.8) is 0 Å². The van der Waals surface area contributed by atoms with Crippen LogP contribution in [0.15, 0.2) is 42.5 Å². The standard InChI is InChI=1S/C24H22F3N3O3/c1-14-12-32-13-19-21(14)30(28-22(19)24(25,26)27)18-5-3-4-16(10-18)23(31)29(2)17-7-6-15-8-9-33-20(15)11-17/h3-7,10-11,14H,8-9,12-13H2,1-2H3. The number of fused-ring (bicyclic) bond motifs is 2. The minimum Gasteiger partial charge on any atom is -0.493 e. The van der Waals surface area contributed by atoms with E-state index < -0.39 is 11.9 Å². The summed E-state index contributed by atoms with van der Waals surface area (Å²) in [7, 11) is 1.66. The lowest BCUT2D eigenvalue weighted by atomic mass is 10.00. The van der Waals surface area contributed by atoms with Crippen molar-refractivity contribution in [2.45, 2.75) is 32.0 Å².